The molecule has 0 spiro atoms. The van der Waals surface area contributed by atoms with E-state index in [1.807, 2.05) is 19.1 Å². The van der Waals surface area contributed by atoms with E-state index in [9.17, 15) is 10.2 Å². The van der Waals surface area contributed by atoms with Crippen molar-refractivity contribution in [2.24, 2.45) is 5.73 Å². The number of nitrogens with two attached hydrogens (primary N) is 1. The number of aliphatic hydroxyl groups excluding tert-OH is 2. The molecule has 7 nitrogen and oxygen atoms in total. The fourth-order valence-corrected chi connectivity index (χ4v) is 2.12. The summed E-state index contributed by atoms with van der Waals surface area (Å²) >= 11 is 0. The van der Waals surface area contributed by atoms with E-state index in [4.69, 9.17) is 15.2 Å². The summed E-state index contributed by atoms with van der Waals surface area (Å²) in [6.07, 6.45) is -0.183. The molecule has 0 saturated heterocycles. The topological polar surface area (TPSA) is 109 Å². The molecular formula is C19H35N3O4. The lowest BCUT2D eigenvalue weighted by molar-refractivity contribution is 0.101. The summed E-state index contributed by atoms with van der Waals surface area (Å²) < 4.78 is 11.2. The Morgan fingerprint density at radius 3 is 2.12 bits per heavy atom. The largest absolute Gasteiger partial charge is 0.491 e. The Hall–Kier alpha value is -1.38. The number of benzene rings is 1. The fraction of sp³-hybridized carbons (Fsp3) is 0.684. The summed E-state index contributed by atoms with van der Waals surface area (Å²) in [6, 6.07) is 7.59. The summed E-state index contributed by atoms with van der Waals surface area (Å²) in [5.41, 5.74) is 5.64. The molecule has 4 unspecified atom stereocenters. The van der Waals surface area contributed by atoms with Gasteiger partial charge in [0.05, 0.1) is 0 Å². The fourth-order valence-electron chi connectivity index (χ4n) is 2.12. The number of nitrogens with one attached hydrogen (secondary N) is 2. The van der Waals surface area contributed by atoms with E-state index in [2.05, 4.69) is 24.5 Å². The van der Waals surface area contributed by atoms with Crippen LogP contribution in [0.3, 0.4) is 0 Å². The number of ether oxygens (including phenoxy) is 2. The van der Waals surface area contributed by atoms with Crippen LogP contribution in [-0.2, 0) is 0 Å². The first kappa shape index (κ1) is 22.7. The summed E-state index contributed by atoms with van der Waals surface area (Å²) in [7, 11) is 0. The van der Waals surface area contributed by atoms with E-state index in [1.54, 1.807) is 12.1 Å². The Kier molecular flexibility index (Phi) is 11.2. The Balaban J connectivity index is 2.31. The molecule has 0 aromatic heterocycles. The molecule has 0 fully saturated rings. The van der Waals surface area contributed by atoms with E-state index in [1.165, 1.54) is 0 Å². The minimum atomic E-state index is -0.619. The normalized spacial score (nSPS) is 15.9. The van der Waals surface area contributed by atoms with Crippen molar-refractivity contribution in [2.75, 3.05) is 32.8 Å². The van der Waals surface area contributed by atoms with Gasteiger partial charge in [0.2, 0.25) is 0 Å². The predicted octanol–water partition coefficient (Wildman–Crippen LogP) is 0.491. The molecule has 1 rings (SSSR count). The first-order valence-corrected chi connectivity index (χ1v) is 9.32. The van der Waals surface area contributed by atoms with Crippen molar-refractivity contribution in [3.63, 3.8) is 0 Å². The molecule has 1 aromatic rings. The Bertz CT molecular complexity index is 488. The molecule has 4 atom stereocenters. The van der Waals surface area contributed by atoms with Crippen molar-refractivity contribution in [1.82, 2.24) is 10.6 Å². The molecule has 6 N–H and O–H groups in total. The lowest BCUT2D eigenvalue weighted by Gasteiger charge is -2.17. The van der Waals surface area contributed by atoms with Gasteiger partial charge >= 0.3 is 0 Å². The summed E-state index contributed by atoms with van der Waals surface area (Å²) in [5, 5.41) is 26.2. The maximum atomic E-state index is 9.95. The van der Waals surface area contributed by atoms with Gasteiger partial charge in [-0.25, -0.2) is 0 Å². The molecule has 7 heteroatoms. The first-order chi connectivity index (χ1) is 12.4. The second-order valence-electron chi connectivity index (χ2n) is 6.76. The third kappa shape index (κ3) is 10.6. The molecule has 0 radical (unpaired) electrons. The van der Waals surface area contributed by atoms with Gasteiger partial charge in [0.25, 0.3) is 0 Å². The number of rotatable bonds is 14. The zero-order chi connectivity index (χ0) is 19.4. The van der Waals surface area contributed by atoms with Crippen molar-refractivity contribution in [2.45, 2.75) is 51.5 Å². The first-order valence-electron chi connectivity index (χ1n) is 9.32. The van der Waals surface area contributed by atoms with Gasteiger partial charge in [0.1, 0.15) is 36.9 Å². The van der Waals surface area contributed by atoms with Crippen LogP contribution in [0.4, 0.5) is 0 Å². The van der Waals surface area contributed by atoms with Crippen LogP contribution in [0.15, 0.2) is 24.3 Å². The molecular weight excluding hydrogens is 334 g/mol. The predicted molar refractivity (Wildman–Crippen MR) is 104 cm³/mol. The lowest BCUT2D eigenvalue weighted by Crippen LogP contribution is -2.37. The molecule has 0 aliphatic rings. The van der Waals surface area contributed by atoms with E-state index < -0.39 is 12.2 Å². The zero-order valence-electron chi connectivity index (χ0n) is 16.1. The van der Waals surface area contributed by atoms with Gasteiger partial charge in [0.15, 0.2) is 0 Å². The highest BCUT2D eigenvalue weighted by Crippen LogP contribution is 2.19. The van der Waals surface area contributed by atoms with Crippen LogP contribution < -0.4 is 25.8 Å². The van der Waals surface area contributed by atoms with E-state index in [-0.39, 0.29) is 19.3 Å². The van der Waals surface area contributed by atoms with E-state index in [0.717, 1.165) is 6.42 Å². The highest BCUT2D eigenvalue weighted by atomic mass is 16.5. The molecule has 0 aliphatic carbocycles. The van der Waals surface area contributed by atoms with E-state index in [0.29, 0.717) is 37.2 Å². The minimum Gasteiger partial charge on any atom is -0.491 e. The van der Waals surface area contributed by atoms with Crippen LogP contribution in [0.25, 0.3) is 0 Å². The highest BCUT2D eigenvalue weighted by Gasteiger charge is 2.09. The van der Waals surface area contributed by atoms with Crippen molar-refractivity contribution in [1.29, 1.82) is 0 Å². The summed E-state index contributed by atoms with van der Waals surface area (Å²) in [5.74, 6) is 1.23. The summed E-state index contributed by atoms with van der Waals surface area (Å²) in [4.78, 5) is 0. The molecule has 26 heavy (non-hydrogen) atoms. The van der Waals surface area contributed by atoms with Crippen molar-refractivity contribution in [3.8, 4) is 11.5 Å². The van der Waals surface area contributed by atoms with Gasteiger partial charge in [-0.3, -0.25) is 0 Å². The van der Waals surface area contributed by atoms with Crippen LogP contribution in [0.1, 0.15) is 27.2 Å². The Morgan fingerprint density at radius 1 is 1.00 bits per heavy atom. The van der Waals surface area contributed by atoms with Crippen LogP contribution in [-0.4, -0.2) is 67.4 Å². The monoisotopic (exact) mass is 369 g/mol. The van der Waals surface area contributed by atoms with Crippen molar-refractivity contribution >= 4 is 0 Å². The van der Waals surface area contributed by atoms with E-state index >= 15 is 0 Å². The van der Waals surface area contributed by atoms with Gasteiger partial charge in [-0.1, -0.05) is 13.0 Å². The molecule has 0 heterocycles. The summed E-state index contributed by atoms with van der Waals surface area (Å²) in [6.45, 7) is 8.02. The van der Waals surface area contributed by atoms with Gasteiger partial charge in [0, 0.05) is 37.8 Å². The smallest absolute Gasteiger partial charge is 0.123 e. The maximum absolute atomic E-state index is 9.95. The molecule has 0 aliphatic heterocycles. The second kappa shape index (κ2) is 12.9. The number of hydrogen-bond acceptors (Lipinski definition) is 7. The molecule has 0 bridgehead atoms. The van der Waals surface area contributed by atoms with Gasteiger partial charge in [-0.05, 0) is 32.4 Å². The highest BCUT2D eigenvalue weighted by molar-refractivity contribution is 5.33. The standard InChI is InChI=1S/C19H35N3O4/c1-4-15(3)22-11-17(24)13-26-19-7-5-6-18(8-19)25-12-16(23)10-21-9-14(2)20/h5-8,14-17,21-24H,4,9-13,20H2,1-3H3. The number of aliphatic hydroxyl groups is 2. The lowest BCUT2D eigenvalue weighted by atomic mass is 10.2. The molecule has 150 valence electrons. The van der Waals surface area contributed by atoms with Gasteiger partial charge in [-0.15, -0.1) is 0 Å². The molecule has 1 aromatic carbocycles. The van der Waals surface area contributed by atoms with Gasteiger partial charge in [-0.2, -0.15) is 0 Å². The van der Waals surface area contributed by atoms with Crippen molar-refractivity contribution in [3.05, 3.63) is 24.3 Å². The molecule has 0 amide bonds. The Morgan fingerprint density at radius 2 is 1.58 bits per heavy atom. The number of hydrogen-bond donors (Lipinski definition) is 5. The molecule has 0 saturated carbocycles. The SMILES string of the molecule is CCC(C)NCC(O)COc1cccc(OCC(O)CNCC(C)N)c1. The zero-order valence-corrected chi connectivity index (χ0v) is 16.1. The third-order valence-corrected chi connectivity index (χ3v) is 3.85. The average molecular weight is 370 g/mol. The van der Waals surface area contributed by atoms with Crippen LogP contribution in [0.5, 0.6) is 11.5 Å². The maximum Gasteiger partial charge on any atom is 0.123 e. The van der Waals surface area contributed by atoms with Crippen LogP contribution in [0.2, 0.25) is 0 Å². The minimum absolute atomic E-state index is 0.0488. The van der Waals surface area contributed by atoms with Crippen molar-refractivity contribution < 1.29 is 19.7 Å². The Labute approximate surface area is 156 Å². The second-order valence-corrected chi connectivity index (χ2v) is 6.76. The quantitative estimate of drug-likeness (QED) is 0.325. The van der Waals surface area contributed by atoms with Gasteiger partial charge < -0.3 is 36.1 Å². The average Bonchev–Trinajstić information content (AvgIpc) is 2.62. The van der Waals surface area contributed by atoms with Crippen LogP contribution in [0, 0.1) is 0 Å². The van der Waals surface area contributed by atoms with Crippen LogP contribution >= 0.6 is 0 Å². The third-order valence-electron chi connectivity index (χ3n) is 3.85.